The number of amides is 1. The van der Waals surface area contributed by atoms with Gasteiger partial charge in [0.15, 0.2) is 0 Å². The molecule has 26 heavy (non-hydrogen) atoms. The van der Waals surface area contributed by atoms with Crippen molar-refractivity contribution in [2.75, 3.05) is 43.6 Å². The fourth-order valence-corrected chi connectivity index (χ4v) is 2.73. The summed E-state index contributed by atoms with van der Waals surface area (Å²) in [6, 6.07) is 9.09. The number of carbonyl (C=O) groups excluding carboxylic acids is 1. The minimum absolute atomic E-state index is 0.00221. The molecular weight excluding hydrogens is 350 g/mol. The van der Waals surface area contributed by atoms with Crippen LogP contribution in [0.15, 0.2) is 36.5 Å². The van der Waals surface area contributed by atoms with Crippen molar-refractivity contribution in [2.24, 2.45) is 0 Å². The van der Waals surface area contributed by atoms with Gasteiger partial charge in [0.05, 0.1) is 10.6 Å². The SMILES string of the molecule is CCC(CNc1ccc(Cl)cn1)N(C)C(=O)c1cc(N(C)C)ccc1N. The number of benzene rings is 1. The van der Waals surface area contributed by atoms with Gasteiger partial charge >= 0.3 is 0 Å². The van der Waals surface area contributed by atoms with Crippen molar-refractivity contribution in [1.82, 2.24) is 9.88 Å². The fraction of sp³-hybridized carbons (Fsp3) is 0.368. The lowest BCUT2D eigenvalue weighted by Gasteiger charge is -2.28. The van der Waals surface area contributed by atoms with E-state index in [-0.39, 0.29) is 11.9 Å². The molecule has 1 amide bonds. The number of rotatable bonds is 7. The molecule has 3 N–H and O–H groups in total. The molecule has 0 saturated carbocycles. The maximum atomic E-state index is 13.0. The molecule has 140 valence electrons. The van der Waals surface area contributed by atoms with Gasteiger partial charge in [-0.15, -0.1) is 0 Å². The van der Waals surface area contributed by atoms with Crippen LogP contribution in [0, 0.1) is 0 Å². The van der Waals surface area contributed by atoms with Gasteiger partial charge in [-0.1, -0.05) is 18.5 Å². The van der Waals surface area contributed by atoms with Crippen LogP contribution in [0.25, 0.3) is 0 Å². The van der Waals surface area contributed by atoms with Crippen molar-refractivity contribution in [1.29, 1.82) is 0 Å². The molecule has 0 radical (unpaired) electrons. The van der Waals surface area contributed by atoms with E-state index in [1.54, 1.807) is 30.3 Å². The number of nitrogens with zero attached hydrogens (tertiary/aromatic N) is 3. The predicted molar refractivity (Wildman–Crippen MR) is 109 cm³/mol. The molecule has 1 aromatic carbocycles. The van der Waals surface area contributed by atoms with Crippen LogP contribution in [0.4, 0.5) is 17.2 Å². The van der Waals surface area contributed by atoms with Gasteiger partial charge in [0, 0.05) is 51.3 Å². The zero-order valence-corrected chi connectivity index (χ0v) is 16.4. The highest BCUT2D eigenvalue weighted by Crippen LogP contribution is 2.22. The zero-order valence-electron chi connectivity index (χ0n) is 15.7. The van der Waals surface area contributed by atoms with Crippen LogP contribution in [-0.4, -0.2) is 49.5 Å². The second kappa shape index (κ2) is 8.76. The van der Waals surface area contributed by atoms with Gasteiger partial charge in [-0.25, -0.2) is 4.98 Å². The lowest BCUT2D eigenvalue weighted by molar-refractivity contribution is 0.0737. The molecule has 1 unspecified atom stereocenters. The Morgan fingerprint density at radius 3 is 2.58 bits per heavy atom. The van der Waals surface area contributed by atoms with Crippen LogP contribution in [0.1, 0.15) is 23.7 Å². The van der Waals surface area contributed by atoms with E-state index in [0.717, 1.165) is 17.9 Å². The van der Waals surface area contributed by atoms with E-state index >= 15 is 0 Å². The smallest absolute Gasteiger partial charge is 0.256 e. The van der Waals surface area contributed by atoms with Crippen LogP contribution < -0.4 is 16.0 Å². The normalized spacial score (nSPS) is 11.7. The zero-order chi connectivity index (χ0) is 19.3. The van der Waals surface area contributed by atoms with Crippen LogP contribution in [0.3, 0.4) is 0 Å². The quantitative estimate of drug-likeness (QED) is 0.726. The van der Waals surface area contributed by atoms with E-state index in [4.69, 9.17) is 17.3 Å². The van der Waals surface area contributed by atoms with Gasteiger partial charge in [0.1, 0.15) is 5.82 Å². The Labute approximate surface area is 160 Å². The fourth-order valence-electron chi connectivity index (χ4n) is 2.62. The molecule has 0 spiro atoms. The standard InChI is InChI=1S/C19H26ClN5O/c1-5-14(12-23-18-9-6-13(20)11-22-18)25(4)19(26)16-10-15(24(2)3)7-8-17(16)21/h6-11,14H,5,12,21H2,1-4H3,(H,22,23). The van der Waals surface area contributed by atoms with Crippen molar-refractivity contribution >= 4 is 34.7 Å². The first kappa shape index (κ1) is 19.8. The molecule has 0 aliphatic carbocycles. The minimum atomic E-state index is -0.0936. The summed E-state index contributed by atoms with van der Waals surface area (Å²) in [5, 5.41) is 3.84. The van der Waals surface area contributed by atoms with Gasteiger partial charge in [0.2, 0.25) is 0 Å². The highest BCUT2D eigenvalue weighted by atomic mass is 35.5. The number of hydrogen-bond acceptors (Lipinski definition) is 5. The second-order valence-electron chi connectivity index (χ2n) is 6.39. The Morgan fingerprint density at radius 1 is 1.27 bits per heavy atom. The van der Waals surface area contributed by atoms with Gasteiger partial charge in [-0.2, -0.15) is 0 Å². The van der Waals surface area contributed by atoms with E-state index < -0.39 is 0 Å². The first-order chi connectivity index (χ1) is 12.3. The first-order valence-electron chi connectivity index (χ1n) is 8.53. The third-order valence-corrected chi connectivity index (χ3v) is 4.59. The van der Waals surface area contributed by atoms with E-state index in [2.05, 4.69) is 10.3 Å². The number of nitrogen functional groups attached to an aromatic ring is 1. The van der Waals surface area contributed by atoms with Crippen molar-refractivity contribution < 1.29 is 4.79 Å². The summed E-state index contributed by atoms with van der Waals surface area (Å²) in [5.74, 6) is 0.631. The van der Waals surface area contributed by atoms with E-state index in [1.165, 1.54) is 0 Å². The van der Waals surface area contributed by atoms with E-state index in [1.807, 2.05) is 44.1 Å². The molecule has 0 aliphatic heterocycles. The summed E-state index contributed by atoms with van der Waals surface area (Å²) in [6.45, 7) is 2.63. The number of anilines is 3. The summed E-state index contributed by atoms with van der Waals surface area (Å²) in [4.78, 5) is 20.9. The monoisotopic (exact) mass is 375 g/mol. The predicted octanol–water partition coefficient (Wildman–Crippen LogP) is 3.35. The summed E-state index contributed by atoms with van der Waals surface area (Å²) >= 11 is 5.85. The maximum Gasteiger partial charge on any atom is 0.256 e. The number of nitrogens with two attached hydrogens (primary N) is 1. The summed E-state index contributed by atoms with van der Waals surface area (Å²) in [7, 11) is 5.66. The highest BCUT2D eigenvalue weighted by molar-refractivity contribution is 6.30. The summed E-state index contributed by atoms with van der Waals surface area (Å²) in [5.41, 5.74) is 7.98. The lowest BCUT2D eigenvalue weighted by atomic mass is 10.1. The van der Waals surface area contributed by atoms with Crippen molar-refractivity contribution in [3.8, 4) is 0 Å². The molecule has 2 rings (SSSR count). The minimum Gasteiger partial charge on any atom is -0.398 e. The Kier molecular flexibility index (Phi) is 6.69. The number of halogens is 1. The molecule has 0 saturated heterocycles. The third kappa shape index (κ3) is 4.79. The second-order valence-corrected chi connectivity index (χ2v) is 6.82. The van der Waals surface area contributed by atoms with Crippen molar-refractivity contribution in [2.45, 2.75) is 19.4 Å². The molecule has 2 aromatic rings. The number of nitrogens with one attached hydrogen (secondary N) is 1. The number of aromatic nitrogens is 1. The van der Waals surface area contributed by atoms with Gasteiger partial charge in [0.25, 0.3) is 5.91 Å². The topological polar surface area (TPSA) is 74.5 Å². The Hall–Kier alpha value is -2.47. The molecule has 0 bridgehead atoms. The molecule has 0 aliphatic rings. The molecular formula is C19H26ClN5O. The van der Waals surface area contributed by atoms with E-state index in [9.17, 15) is 4.79 Å². The Balaban J connectivity index is 2.11. The Bertz CT molecular complexity index is 748. The maximum absolute atomic E-state index is 13.0. The van der Waals surface area contributed by atoms with Crippen LogP contribution in [0.5, 0.6) is 0 Å². The molecule has 6 nitrogen and oxygen atoms in total. The van der Waals surface area contributed by atoms with Crippen LogP contribution in [-0.2, 0) is 0 Å². The van der Waals surface area contributed by atoms with Gasteiger partial charge < -0.3 is 20.9 Å². The van der Waals surface area contributed by atoms with Gasteiger partial charge in [-0.3, -0.25) is 4.79 Å². The molecule has 1 atom stereocenters. The number of pyridine rings is 1. The molecule has 0 fully saturated rings. The number of carbonyl (C=O) groups is 1. The van der Waals surface area contributed by atoms with Crippen LogP contribution >= 0.6 is 11.6 Å². The van der Waals surface area contributed by atoms with E-state index in [0.29, 0.717) is 22.8 Å². The molecule has 1 aromatic heterocycles. The number of hydrogen-bond donors (Lipinski definition) is 2. The largest absolute Gasteiger partial charge is 0.398 e. The van der Waals surface area contributed by atoms with Gasteiger partial charge in [-0.05, 0) is 36.8 Å². The van der Waals surface area contributed by atoms with Crippen molar-refractivity contribution in [3.63, 3.8) is 0 Å². The summed E-state index contributed by atoms with van der Waals surface area (Å²) in [6.07, 6.45) is 2.39. The molecule has 7 heteroatoms. The highest BCUT2D eigenvalue weighted by Gasteiger charge is 2.22. The van der Waals surface area contributed by atoms with Crippen LogP contribution in [0.2, 0.25) is 5.02 Å². The van der Waals surface area contributed by atoms with Crippen molar-refractivity contribution in [3.05, 3.63) is 47.1 Å². The average Bonchev–Trinajstić information content (AvgIpc) is 2.63. The molecule has 1 heterocycles. The first-order valence-corrected chi connectivity index (χ1v) is 8.90. The lowest BCUT2D eigenvalue weighted by Crippen LogP contribution is -2.41. The average molecular weight is 376 g/mol. The Morgan fingerprint density at radius 2 is 2.00 bits per heavy atom. The third-order valence-electron chi connectivity index (χ3n) is 4.37. The summed E-state index contributed by atoms with van der Waals surface area (Å²) < 4.78 is 0. The number of likely N-dealkylation sites (N-methyl/N-ethyl adjacent to an activating group) is 1.